The van der Waals surface area contributed by atoms with E-state index < -0.39 is 17.4 Å². The fraction of sp³-hybridized carbons (Fsp3) is 0.143. The van der Waals surface area contributed by atoms with E-state index >= 15 is 0 Å². The Hall–Kier alpha value is -3.32. The van der Waals surface area contributed by atoms with Gasteiger partial charge in [-0.15, -0.1) is 0 Å². The highest BCUT2D eigenvalue weighted by molar-refractivity contribution is 6.00. The van der Waals surface area contributed by atoms with E-state index in [2.05, 4.69) is 21.5 Å². The van der Waals surface area contributed by atoms with E-state index in [-0.39, 0.29) is 23.3 Å². The maximum absolute atomic E-state index is 14.0. The highest BCUT2D eigenvalue weighted by atomic mass is 19.1. The Morgan fingerprint density at radius 2 is 1.86 bits per heavy atom. The fourth-order valence-electron chi connectivity index (χ4n) is 3.31. The molecule has 0 saturated heterocycles. The largest absolute Gasteiger partial charge is 0.432 e. The summed E-state index contributed by atoms with van der Waals surface area (Å²) in [5.41, 5.74) is 4.66. The third-order valence-electron chi connectivity index (χ3n) is 4.64. The van der Waals surface area contributed by atoms with Crippen molar-refractivity contribution >= 4 is 5.84 Å². The number of pyridine rings is 1. The molecular formula is C21H17F2N3O2. The first-order valence-corrected chi connectivity index (χ1v) is 8.80. The Balaban J connectivity index is 1.71. The number of hydrogen-bond acceptors (Lipinski definition) is 4. The van der Waals surface area contributed by atoms with E-state index in [1.165, 1.54) is 17.8 Å². The van der Waals surface area contributed by atoms with Crippen LogP contribution in [-0.2, 0) is 6.42 Å². The Morgan fingerprint density at radius 1 is 1.07 bits per heavy atom. The molecule has 142 valence electrons. The Morgan fingerprint density at radius 3 is 2.64 bits per heavy atom. The van der Waals surface area contributed by atoms with Crippen molar-refractivity contribution in [1.82, 2.24) is 10.5 Å². The molecule has 0 radical (unpaired) electrons. The summed E-state index contributed by atoms with van der Waals surface area (Å²) in [6.07, 6.45) is 3.11. The maximum atomic E-state index is 14.0. The molecular weight excluding hydrogens is 364 g/mol. The highest BCUT2D eigenvalue weighted by Gasteiger charge is 2.23. The molecule has 0 amide bonds. The Bertz CT molecular complexity index is 1020. The minimum absolute atomic E-state index is 0.0712. The van der Waals surface area contributed by atoms with Crippen LogP contribution in [0.1, 0.15) is 29.2 Å². The van der Waals surface area contributed by atoms with Gasteiger partial charge >= 0.3 is 0 Å². The zero-order valence-corrected chi connectivity index (χ0v) is 14.8. The second-order valence-electron chi connectivity index (χ2n) is 6.35. The molecule has 2 N–H and O–H groups in total. The van der Waals surface area contributed by atoms with Crippen LogP contribution in [0.5, 0.6) is 11.6 Å². The fourth-order valence-corrected chi connectivity index (χ4v) is 3.31. The number of aryl methyl sites for hydroxylation is 1. The van der Waals surface area contributed by atoms with Gasteiger partial charge in [-0.25, -0.2) is 13.8 Å². The number of hydroxylamine groups is 1. The monoisotopic (exact) mass is 381 g/mol. The van der Waals surface area contributed by atoms with E-state index in [1.54, 1.807) is 12.1 Å². The summed E-state index contributed by atoms with van der Waals surface area (Å²) >= 11 is 0. The molecule has 2 aromatic carbocycles. The molecule has 1 aliphatic carbocycles. The van der Waals surface area contributed by atoms with Gasteiger partial charge in [0.2, 0.25) is 11.6 Å². The molecule has 0 aliphatic heterocycles. The van der Waals surface area contributed by atoms with Crippen LogP contribution in [0, 0.1) is 11.6 Å². The van der Waals surface area contributed by atoms with Crippen molar-refractivity contribution in [3.05, 3.63) is 89.1 Å². The maximum Gasteiger partial charge on any atom is 0.230 e. The van der Waals surface area contributed by atoms with E-state index in [0.29, 0.717) is 0 Å². The number of nitrogens with one attached hydrogen (secondary N) is 1. The average molecular weight is 381 g/mol. The number of ether oxygens (including phenoxy) is 1. The van der Waals surface area contributed by atoms with Crippen molar-refractivity contribution in [3.8, 4) is 11.6 Å². The molecule has 1 atom stereocenters. The topological polar surface area (TPSA) is 66.7 Å². The van der Waals surface area contributed by atoms with Gasteiger partial charge in [0.05, 0.1) is 11.6 Å². The Kier molecular flexibility index (Phi) is 4.99. The summed E-state index contributed by atoms with van der Waals surface area (Å²) in [5, 5.41) is 9.68. The van der Waals surface area contributed by atoms with Gasteiger partial charge < -0.3 is 4.74 Å². The molecule has 0 fully saturated rings. The Labute approximate surface area is 160 Å². The van der Waals surface area contributed by atoms with Crippen LogP contribution in [0.25, 0.3) is 0 Å². The smallest absolute Gasteiger partial charge is 0.230 e. The van der Waals surface area contributed by atoms with Crippen LogP contribution in [0.15, 0.2) is 65.8 Å². The van der Waals surface area contributed by atoms with E-state index in [9.17, 15) is 14.0 Å². The van der Waals surface area contributed by atoms with Crippen LogP contribution < -0.4 is 10.2 Å². The molecule has 28 heavy (non-hydrogen) atoms. The number of aliphatic imine (C=N–C) groups is 1. The lowest BCUT2D eigenvalue weighted by atomic mass is 10.1. The second-order valence-corrected chi connectivity index (χ2v) is 6.35. The van der Waals surface area contributed by atoms with Gasteiger partial charge in [0.15, 0.2) is 17.5 Å². The number of aromatic nitrogens is 1. The number of benzene rings is 2. The lowest BCUT2D eigenvalue weighted by molar-refractivity contribution is 0.233. The predicted octanol–water partition coefficient (Wildman–Crippen LogP) is 4.57. The van der Waals surface area contributed by atoms with Gasteiger partial charge in [-0.05, 0) is 48.2 Å². The normalized spacial score (nSPS) is 16.0. The van der Waals surface area contributed by atoms with Gasteiger partial charge in [-0.1, -0.05) is 30.3 Å². The first-order valence-electron chi connectivity index (χ1n) is 8.80. The number of para-hydroxylation sites is 1. The summed E-state index contributed by atoms with van der Waals surface area (Å²) in [4.78, 5) is 8.66. The summed E-state index contributed by atoms with van der Waals surface area (Å²) in [5.74, 6) is -2.22. The van der Waals surface area contributed by atoms with Gasteiger partial charge in [-0.2, -0.15) is 0 Å². The van der Waals surface area contributed by atoms with Crippen molar-refractivity contribution in [3.63, 3.8) is 0 Å². The molecule has 1 heterocycles. The molecule has 0 spiro atoms. The minimum Gasteiger partial charge on any atom is -0.432 e. The van der Waals surface area contributed by atoms with Crippen LogP contribution in [0.2, 0.25) is 0 Å². The molecule has 1 aliphatic rings. The molecule has 1 unspecified atom stereocenters. The van der Waals surface area contributed by atoms with Crippen molar-refractivity contribution < 1.29 is 18.7 Å². The summed E-state index contributed by atoms with van der Waals surface area (Å²) < 4.78 is 33.3. The number of fused-ring (bicyclic) bond motifs is 1. The SMILES string of the molecule is ONC(=NC1CCc2ccccc21)c1cccnc1Oc1c(F)cccc1F. The number of hydrogen-bond donors (Lipinski definition) is 2. The van der Waals surface area contributed by atoms with Gasteiger partial charge in [0.1, 0.15) is 0 Å². The number of halogens is 2. The average Bonchev–Trinajstić information content (AvgIpc) is 3.12. The standard InChI is InChI=1S/C21H17F2N3O2/c22-16-8-3-9-17(23)19(16)28-21-15(7-4-12-24-21)20(26-27)25-18-11-10-13-5-1-2-6-14(13)18/h1-9,12,18,27H,10-11H2,(H,25,26). The van der Waals surface area contributed by atoms with Crippen LogP contribution in [0.3, 0.4) is 0 Å². The highest BCUT2D eigenvalue weighted by Crippen LogP contribution is 2.35. The van der Waals surface area contributed by atoms with E-state index in [0.717, 1.165) is 30.5 Å². The minimum atomic E-state index is -0.850. The first kappa shape index (κ1) is 18.1. The van der Waals surface area contributed by atoms with Gasteiger partial charge in [0, 0.05) is 6.20 Å². The predicted molar refractivity (Wildman–Crippen MR) is 99.6 cm³/mol. The summed E-state index contributed by atoms with van der Waals surface area (Å²) in [6.45, 7) is 0. The summed E-state index contributed by atoms with van der Waals surface area (Å²) in [7, 11) is 0. The quantitative estimate of drug-likeness (QED) is 0.395. The van der Waals surface area contributed by atoms with Crippen molar-refractivity contribution in [2.45, 2.75) is 18.9 Å². The van der Waals surface area contributed by atoms with Gasteiger partial charge in [-0.3, -0.25) is 15.7 Å². The first-order chi connectivity index (χ1) is 13.7. The van der Waals surface area contributed by atoms with Crippen molar-refractivity contribution in [2.75, 3.05) is 0 Å². The zero-order valence-electron chi connectivity index (χ0n) is 14.8. The molecule has 0 saturated carbocycles. The lowest BCUT2D eigenvalue weighted by Gasteiger charge is -2.14. The van der Waals surface area contributed by atoms with Crippen molar-refractivity contribution in [1.29, 1.82) is 0 Å². The van der Waals surface area contributed by atoms with Crippen LogP contribution in [0.4, 0.5) is 8.78 Å². The third kappa shape index (κ3) is 3.44. The summed E-state index contributed by atoms with van der Waals surface area (Å²) in [6, 6.07) is 14.5. The van der Waals surface area contributed by atoms with Crippen LogP contribution in [-0.4, -0.2) is 16.0 Å². The second kappa shape index (κ2) is 7.74. The molecule has 3 aromatic rings. The molecule has 7 heteroatoms. The molecule has 5 nitrogen and oxygen atoms in total. The molecule has 1 aromatic heterocycles. The van der Waals surface area contributed by atoms with E-state index in [1.807, 2.05) is 18.2 Å². The third-order valence-corrected chi connectivity index (χ3v) is 4.64. The zero-order chi connectivity index (χ0) is 19.5. The van der Waals surface area contributed by atoms with E-state index in [4.69, 9.17) is 4.74 Å². The number of amidine groups is 1. The molecule has 4 rings (SSSR count). The van der Waals surface area contributed by atoms with Gasteiger partial charge in [0.25, 0.3) is 0 Å². The number of rotatable bonds is 4. The molecule has 0 bridgehead atoms. The van der Waals surface area contributed by atoms with Crippen molar-refractivity contribution in [2.24, 2.45) is 4.99 Å². The number of nitrogens with zero attached hydrogens (tertiary/aromatic N) is 2. The van der Waals surface area contributed by atoms with Crippen LogP contribution >= 0.6 is 0 Å². The lowest BCUT2D eigenvalue weighted by Crippen LogP contribution is -2.22.